The van der Waals surface area contributed by atoms with Gasteiger partial charge >= 0.3 is 0 Å². The van der Waals surface area contributed by atoms with Crippen molar-refractivity contribution in [1.82, 2.24) is 0 Å². The first-order valence-corrected chi connectivity index (χ1v) is 5.17. The molecular weight excluding hydrogens is 184 g/mol. The maximum atomic E-state index is 8.98. The summed E-state index contributed by atoms with van der Waals surface area (Å²) in [4.78, 5) is 0. The second-order valence-electron chi connectivity index (χ2n) is 5.08. The minimum atomic E-state index is 0.220. The molecule has 1 aromatic rings. The summed E-state index contributed by atoms with van der Waals surface area (Å²) in [5.41, 5.74) is 2.99. The van der Waals surface area contributed by atoms with Gasteiger partial charge in [-0.25, -0.2) is 0 Å². The van der Waals surface area contributed by atoms with E-state index in [0.29, 0.717) is 0 Å². The van der Waals surface area contributed by atoms with E-state index in [1.165, 1.54) is 0 Å². The predicted molar refractivity (Wildman–Crippen MR) is 63.8 cm³/mol. The van der Waals surface area contributed by atoms with E-state index in [9.17, 15) is 0 Å². The van der Waals surface area contributed by atoms with E-state index in [4.69, 9.17) is 5.26 Å². The van der Waals surface area contributed by atoms with Gasteiger partial charge in [-0.2, -0.15) is 5.26 Å². The molecule has 0 saturated carbocycles. The second kappa shape index (κ2) is 4.35. The lowest BCUT2D eigenvalue weighted by molar-refractivity contribution is 0.443. The summed E-state index contributed by atoms with van der Waals surface area (Å²) in [5.74, 6) is 0. The summed E-state index contributed by atoms with van der Waals surface area (Å²) in [5, 5.41) is 12.3. The zero-order valence-corrected chi connectivity index (χ0v) is 9.89. The molecule has 0 heterocycles. The molecular formula is C13H18N2. The van der Waals surface area contributed by atoms with Gasteiger partial charge in [-0.05, 0) is 30.0 Å². The smallest absolute Gasteiger partial charge is 0.101 e. The molecule has 1 rings (SSSR count). The van der Waals surface area contributed by atoms with E-state index in [1.807, 2.05) is 25.1 Å². The number of aryl methyl sites for hydroxylation is 1. The van der Waals surface area contributed by atoms with Gasteiger partial charge in [0.2, 0.25) is 0 Å². The molecule has 0 atom stereocenters. The Bertz CT molecular complexity index is 381. The highest BCUT2D eigenvalue weighted by Crippen LogP contribution is 2.19. The SMILES string of the molecule is Cc1ccc(NCC(C)(C)C)c(C#N)c1. The normalized spacial score (nSPS) is 10.9. The van der Waals surface area contributed by atoms with E-state index >= 15 is 0 Å². The van der Waals surface area contributed by atoms with Crippen LogP contribution in [0.5, 0.6) is 0 Å². The summed E-state index contributed by atoms with van der Waals surface area (Å²) in [6.07, 6.45) is 0. The van der Waals surface area contributed by atoms with Gasteiger partial charge in [-0.1, -0.05) is 26.8 Å². The van der Waals surface area contributed by atoms with Gasteiger partial charge in [0.15, 0.2) is 0 Å². The van der Waals surface area contributed by atoms with Crippen LogP contribution in [0.25, 0.3) is 0 Å². The molecule has 2 heteroatoms. The van der Waals surface area contributed by atoms with Crippen LogP contribution < -0.4 is 5.32 Å². The minimum Gasteiger partial charge on any atom is -0.383 e. The van der Waals surface area contributed by atoms with Crippen LogP contribution in [0.3, 0.4) is 0 Å². The number of anilines is 1. The highest BCUT2D eigenvalue weighted by molar-refractivity contribution is 5.58. The number of nitrogens with zero attached hydrogens (tertiary/aromatic N) is 1. The molecule has 0 radical (unpaired) electrons. The molecule has 0 spiro atoms. The van der Waals surface area contributed by atoms with Gasteiger partial charge in [-0.3, -0.25) is 0 Å². The van der Waals surface area contributed by atoms with Crippen LogP contribution in [0.1, 0.15) is 31.9 Å². The first-order chi connectivity index (χ1) is 6.92. The van der Waals surface area contributed by atoms with E-state index < -0.39 is 0 Å². The molecule has 0 saturated heterocycles. The van der Waals surface area contributed by atoms with Crippen LogP contribution in [0.4, 0.5) is 5.69 Å². The first-order valence-electron chi connectivity index (χ1n) is 5.17. The third kappa shape index (κ3) is 3.63. The van der Waals surface area contributed by atoms with Crippen molar-refractivity contribution < 1.29 is 0 Å². The van der Waals surface area contributed by atoms with Crippen molar-refractivity contribution in [3.8, 4) is 6.07 Å². The fraction of sp³-hybridized carbons (Fsp3) is 0.462. The Hall–Kier alpha value is -1.49. The van der Waals surface area contributed by atoms with Crippen molar-refractivity contribution in [2.75, 3.05) is 11.9 Å². The third-order valence-corrected chi connectivity index (χ3v) is 2.10. The Morgan fingerprint density at radius 3 is 2.53 bits per heavy atom. The van der Waals surface area contributed by atoms with Crippen LogP contribution >= 0.6 is 0 Å². The van der Waals surface area contributed by atoms with Crippen LogP contribution in [-0.2, 0) is 0 Å². The van der Waals surface area contributed by atoms with Crippen molar-refractivity contribution >= 4 is 5.69 Å². The molecule has 1 N–H and O–H groups in total. The molecule has 0 unspecified atom stereocenters. The van der Waals surface area contributed by atoms with Crippen LogP contribution in [0.2, 0.25) is 0 Å². The fourth-order valence-corrected chi connectivity index (χ4v) is 1.27. The Morgan fingerprint density at radius 2 is 2.00 bits per heavy atom. The standard InChI is InChI=1S/C13H18N2/c1-10-5-6-12(11(7-10)8-14)15-9-13(2,3)4/h5-7,15H,9H2,1-4H3. The summed E-state index contributed by atoms with van der Waals surface area (Å²) in [7, 11) is 0. The van der Waals surface area contributed by atoms with E-state index in [0.717, 1.165) is 23.4 Å². The van der Waals surface area contributed by atoms with Gasteiger partial charge in [0.05, 0.1) is 11.3 Å². The van der Waals surface area contributed by atoms with Crippen molar-refractivity contribution in [2.24, 2.45) is 5.41 Å². The van der Waals surface area contributed by atoms with Crippen LogP contribution in [-0.4, -0.2) is 6.54 Å². The number of benzene rings is 1. The lowest BCUT2D eigenvalue weighted by Gasteiger charge is -2.20. The lowest BCUT2D eigenvalue weighted by Crippen LogP contribution is -2.19. The maximum Gasteiger partial charge on any atom is 0.101 e. The zero-order chi connectivity index (χ0) is 11.5. The molecule has 0 bridgehead atoms. The molecule has 0 fully saturated rings. The monoisotopic (exact) mass is 202 g/mol. The number of nitriles is 1. The predicted octanol–water partition coefficient (Wildman–Crippen LogP) is 3.32. The van der Waals surface area contributed by atoms with E-state index in [2.05, 4.69) is 32.2 Å². The van der Waals surface area contributed by atoms with Crippen molar-refractivity contribution in [3.05, 3.63) is 29.3 Å². The van der Waals surface area contributed by atoms with E-state index in [-0.39, 0.29) is 5.41 Å². The minimum absolute atomic E-state index is 0.220. The quantitative estimate of drug-likeness (QED) is 0.798. The third-order valence-electron chi connectivity index (χ3n) is 2.10. The van der Waals surface area contributed by atoms with Crippen molar-refractivity contribution in [1.29, 1.82) is 5.26 Å². The Morgan fingerprint density at radius 1 is 1.33 bits per heavy atom. The number of hydrogen-bond acceptors (Lipinski definition) is 2. The molecule has 2 nitrogen and oxygen atoms in total. The molecule has 15 heavy (non-hydrogen) atoms. The van der Waals surface area contributed by atoms with Gasteiger partial charge in [0.25, 0.3) is 0 Å². The summed E-state index contributed by atoms with van der Waals surface area (Å²) >= 11 is 0. The highest BCUT2D eigenvalue weighted by atomic mass is 14.9. The average Bonchev–Trinajstić information content (AvgIpc) is 2.14. The topological polar surface area (TPSA) is 35.8 Å². The van der Waals surface area contributed by atoms with Gasteiger partial charge in [-0.15, -0.1) is 0 Å². The summed E-state index contributed by atoms with van der Waals surface area (Å²) < 4.78 is 0. The zero-order valence-electron chi connectivity index (χ0n) is 9.89. The fourth-order valence-electron chi connectivity index (χ4n) is 1.27. The van der Waals surface area contributed by atoms with Crippen molar-refractivity contribution in [3.63, 3.8) is 0 Å². The lowest BCUT2D eigenvalue weighted by atomic mass is 9.96. The molecule has 0 aliphatic heterocycles. The number of hydrogen-bond donors (Lipinski definition) is 1. The van der Waals surface area contributed by atoms with Crippen molar-refractivity contribution in [2.45, 2.75) is 27.7 Å². The van der Waals surface area contributed by atoms with Crippen LogP contribution in [0.15, 0.2) is 18.2 Å². The number of nitrogens with one attached hydrogen (secondary N) is 1. The highest BCUT2D eigenvalue weighted by Gasteiger charge is 2.10. The largest absolute Gasteiger partial charge is 0.383 e. The Kier molecular flexibility index (Phi) is 3.36. The Balaban J connectivity index is 2.82. The Labute approximate surface area is 91.9 Å². The average molecular weight is 202 g/mol. The molecule has 0 amide bonds. The molecule has 80 valence electrons. The summed E-state index contributed by atoms with van der Waals surface area (Å²) in [6, 6.07) is 8.11. The second-order valence-corrected chi connectivity index (χ2v) is 5.08. The van der Waals surface area contributed by atoms with E-state index in [1.54, 1.807) is 0 Å². The molecule has 1 aromatic carbocycles. The van der Waals surface area contributed by atoms with Gasteiger partial charge < -0.3 is 5.32 Å². The van der Waals surface area contributed by atoms with Gasteiger partial charge in [0.1, 0.15) is 6.07 Å². The molecule has 0 aliphatic rings. The summed E-state index contributed by atoms with van der Waals surface area (Å²) in [6.45, 7) is 9.36. The molecule has 0 aliphatic carbocycles. The van der Waals surface area contributed by atoms with Crippen LogP contribution in [0, 0.1) is 23.7 Å². The number of rotatable bonds is 2. The maximum absolute atomic E-state index is 8.98. The van der Waals surface area contributed by atoms with Gasteiger partial charge in [0, 0.05) is 6.54 Å². The first kappa shape index (κ1) is 11.6. The molecule has 0 aromatic heterocycles.